The van der Waals surface area contributed by atoms with Crippen molar-refractivity contribution in [1.82, 2.24) is 4.90 Å². The summed E-state index contributed by atoms with van der Waals surface area (Å²) in [5.74, 6) is 0.152. The van der Waals surface area contributed by atoms with E-state index in [0.717, 1.165) is 25.1 Å². The summed E-state index contributed by atoms with van der Waals surface area (Å²) < 4.78 is 0. The maximum atomic E-state index is 12.1. The van der Waals surface area contributed by atoms with Gasteiger partial charge in [-0.3, -0.25) is 4.79 Å². The molecule has 2 nitrogen and oxygen atoms in total. The van der Waals surface area contributed by atoms with Gasteiger partial charge in [0, 0.05) is 18.7 Å². The lowest BCUT2D eigenvalue weighted by atomic mass is 10.2. The average Bonchev–Trinajstić information content (AvgIpc) is 2.35. The minimum Gasteiger partial charge on any atom is -0.339 e. The average molecular weight is 219 g/mol. The van der Waals surface area contributed by atoms with E-state index in [1.807, 2.05) is 42.2 Å². The lowest BCUT2D eigenvalue weighted by Gasteiger charge is -2.20. The molecular weight excluding hydrogens is 198 g/mol. The van der Waals surface area contributed by atoms with Gasteiger partial charge in [0.25, 0.3) is 5.91 Å². The lowest BCUT2D eigenvalue weighted by Crippen LogP contribution is -2.31. The molecule has 0 spiro atoms. The number of carbonyl (C=O) groups is 1. The number of rotatable bonds is 6. The Kier molecular flexibility index (Phi) is 5.62. The van der Waals surface area contributed by atoms with Gasteiger partial charge in [-0.2, -0.15) is 0 Å². The topological polar surface area (TPSA) is 20.3 Å². The summed E-state index contributed by atoms with van der Waals surface area (Å²) in [6.07, 6.45) is 3.48. The third-order valence-corrected chi connectivity index (χ3v) is 2.72. The molecule has 1 amide bonds. The van der Waals surface area contributed by atoms with Crippen molar-refractivity contribution < 1.29 is 4.79 Å². The number of unbranched alkanes of at least 4 members (excludes halogenated alkanes) is 2. The predicted octanol–water partition coefficient (Wildman–Crippen LogP) is 3.34. The van der Waals surface area contributed by atoms with E-state index in [2.05, 4.69) is 6.92 Å². The maximum absolute atomic E-state index is 12.1. The molecule has 1 rings (SSSR count). The molecule has 0 aliphatic rings. The Morgan fingerprint density at radius 2 is 1.81 bits per heavy atom. The van der Waals surface area contributed by atoms with Crippen LogP contribution in [0.1, 0.15) is 43.5 Å². The summed E-state index contributed by atoms with van der Waals surface area (Å²) >= 11 is 0. The molecule has 0 aliphatic carbocycles. The van der Waals surface area contributed by atoms with E-state index in [1.54, 1.807) is 0 Å². The highest BCUT2D eigenvalue weighted by Gasteiger charge is 2.12. The van der Waals surface area contributed by atoms with Gasteiger partial charge in [0.15, 0.2) is 0 Å². The molecule has 0 N–H and O–H groups in total. The van der Waals surface area contributed by atoms with Crippen LogP contribution in [-0.4, -0.2) is 23.9 Å². The minimum atomic E-state index is 0.152. The van der Waals surface area contributed by atoms with Crippen molar-refractivity contribution >= 4 is 5.91 Å². The monoisotopic (exact) mass is 219 g/mol. The molecule has 0 aliphatic heterocycles. The molecule has 0 bridgehead atoms. The Morgan fingerprint density at radius 3 is 2.38 bits per heavy atom. The van der Waals surface area contributed by atoms with Gasteiger partial charge in [-0.1, -0.05) is 38.0 Å². The van der Waals surface area contributed by atoms with Crippen LogP contribution in [-0.2, 0) is 0 Å². The van der Waals surface area contributed by atoms with Crippen LogP contribution in [0.25, 0.3) is 0 Å². The molecule has 0 saturated heterocycles. The molecular formula is C14H21NO. The molecule has 0 saturated carbocycles. The molecule has 1 aromatic rings. The van der Waals surface area contributed by atoms with Crippen LogP contribution in [0.2, 0.25) is 0 Å². The summed E-state index contributed by atoms with van der Waals surface area (Å²) in [7, 11) is 0. The van der Waals surface area contributed by atoms with Crippen molar-refractivity contribution in [2.24, 2.45) is 0 Å². The van der Waals surface area contributed by atoms with Crippen LogP contribution in [0.15, 0.2) is 30.3 Å². The van der Waals surface area contributed by atoms with Gasteiger partial charge in [0.1, 0.15) is 0 Å². The van der Waals surface area contributed by atoms with E-state index in [-0.39, 0.29) is 5.91 Å². The van der Waals surface area contributed by atoms with E-state index in [0.29, 0.717) is 0 Å². The standard InChI is InChI=1S/C14H21NO/c1-3-5-9-12-15(4-2)14(16)13-10-7-6-8-11-13/h6-8,10-11H,3-5,9,12H2,1-2H3. The Bertz CT molecular complexity index is 308. The Balaban J connectivity index is 2.56. The summed E-state index contributed by atoms with van der Waals surface area (Å²) in [4.78, 5) is 14.0. The fourth-order valence-electron chi connectivity index (χ4n) is 1.72. The Hall–Kier alpha value is -1.31. The highest BCUT2D eigenvalue weighted by atomic mass is 16.2. The largest absolute Gasteiger partial charge is 0.339 e. The first-order valence-electron chi connectivity index (χ1n) is 6.14. The van der Waals surface area contributed by atoms with Crippen molar-refractivity contribution in [2.75, 3.05) is 13.1 Å². The van der Waals surface area contributed by atoms with Crippen LogP contribution in [0.4, 0.5) is 0 Å². The number of hydrogen-bond acceptors (Lipinski definition) is 1. The van der Waals surface area contributed by atoms with Gasteiger partial charge in [0.2, 0.25) is 0 Å². The number of carbonyl (C=O) groups excluding carboxylic acids is 1. The molecule has 2 heteroatoms. The van der Waals surface area contributed by atoms with Crippen molar-refractivity contribution in [3.63, 3.8) is 0 Å². The van der Waals surface area contributed by atoms with E-state index in [9.17, 15) is 4.79 Å². The zero-order valence-electron chi connectivity index (χ0n) is 10.3. The van der Waals surface area contributed by atoms with Gasteiger partial charge in [-0.15, -0.1) is 0 Å². The fraction of sp³-hybridized carbons (Fsp3) is 0.500. The van der Waals surface area contributed by atoms with Crippen LogP contribution >= 0.6 is 0 Å². The number of benzene rings is 1. The number of nitrogens with zero attached hydrogens (tertiary/aromatic N) is 1. The fourth-order valence-corrected chi connectivity index (χ4v) is 1.72. The van der Waals surface area contributed by atoms with E-state index >= 15 is 0 Å². The summed E-state index contributed by atoms with van der Waals surface area (Å²) in [6, 6.07) is 9.51. The van der Waals surface area contributed by atoms with Crippen molar-refractivity contribution in [1.29, 1.82) is 0 Å². The number of hydrogen-bond donors (Lipinski definition) is 0. The Labute approximate surface area is 98.3 Å². The number of amides is 1. The zero-order chi connectivity index (χ0) is 11.8. The lowest BCUT2D eigenvalue weighted by molar-refractivity contribution is 0.0761. The predicted molar refractivity (Wildman–Crippen MR) is 67.5 cm³/mol. The van der Waals surface area contributed by atoms with E-state index < -0.39 is 0 Å². The highest BCUT2D eigenvalue weighted by molar-refractivity contribution is 5.94. The van der Waals surface area contributed by atoms with Gasteiger partial charge in [0.05, 0.1) is 0 Å². The first kappa shape index (κ1) is 12.8. The van der Waals surface area contributed by atoms with Crippen LogP contribution in [0.5, 0.6) is 0 Å². The maximum Gasteiger partial charge on any atom is 0.253 e. The minimum absolute atomic E-state index is 0.152. The summed E-state index contributed by atoms with van der Waals surface area (Å²) in [5, 5.41) is 0. The van der Waals surface area contributed by atoms with Gasteiger partial charge >= 0.3 is 0 Å². The zero-order valence-corrected chi connectivity index (χ0v) is 10.3. The van der Waals surface area contributed by atoms with Crippen LogP contribution < -0.4 is 0 Å². The molecule has 0 atom stereocenters. The summed E-state index contributed by atoms with van der Waals surface area (Å²) in [6.45, 7) is 5.87. The van der Waals surface area contributed by atoms with E-state index in [4.69, 9.17) is 0 Å². The van der Waals surface area contributed by atoms with Crippen LogP contribution in [0, 0.1) is 0 Å². The quantitative estimate of drug-likeness (QED) is 0.672. The molecule has 0 unspecified atom stereocenters. The smallest absolute Gasteiger partial charge is 0.253 e. The van der Waals surface area contributed by atoms with Gasteiger partial charge < -0.3 is 4.90 Å². The molecule has 1 aromatic carbocycles. The molecule has 0 fully saturated rings. The third kappa shape index (κ3) is 3.69. The molecule has 0 aromatic heterocycles. The normalized spacial score (nSPS) is 10.1. The second-order valence-electron chi connectivity index (χ2n) is 3.96. The third-order valence-electron chi connectivity index (χ3n) is 2.72. The molecule has 0 radical (unpaired) electrons. The first-order chi connectivity index (χ1) is 7.79. The highest BCUT2D eigenvalue weighted by Crippen LogP contribution is 2.06. The van der Waals surface area contributed by atoms with E-state index in [1.165, 1.54) is 12.8 Å². The van der Waals surface area contributed by atoms with Crippen molar-refractivity contribution in [2.45, 2.75) is 33.1 Å². The second-order valence-corrected chi connectivity index (χ2v) is 3.96. The van der Waals surface area contributed by atoms with Gasteiger partial charge in [-0.05, 0) is 25.5 Å². The molecule has 16 heavy (non-hydrogen) atoms. The first-order valence-corrected chi connectivity index (χ1v) is 6.14. The SMILES string of the molecule is CCCCCN(CC)C(=O)c1ccccc1. The Morgan fingerprint density at radius 1 is 1.12 bits per heavy atom. The van der Waals surface area contributed by atoms with Crippen molar-refractivity contribution in [3.05, 3.63) is 35.9 Å². The molecule has 88 valence electrons. The van der Waals surface area contributed by atoms with Crippen LogP contribution in [0.3, 0.4) is 0 Å². The van der Waals surface area contributed by atoms with Crippen molar-refractivity contribution in [3.8, 4) is 0 Å². The second kappa shape index (κ2) is 7.04. The summed E-state index contributed by atoms with van der Waals surface area (Å²) in [5.41, 5.74) is 0.792. The molecule has 0 heterocycles. The van der Waals surface area contributed by atoms with Gasteiger partial charge in [-0.25, -0.2) is 0 Å².